The monoisotopic (exact) mass is 448 g/mol. The summed E-state index contributed by atoms with van der Waals surface area (Å²) in [4.78, 5) is 6.70. The van der Waals surface area contributed by atoms with Gasteiger partial charge in [0.15, 0.2) is 5.96 Å². The number of methoxy groups -OCH3 is 1. The lowest BCUT2D eigenvalue weighted by molar-refractivity contribution is 0.300. The molecule has 0 saturated carbocycles. The average Bonchev–Trinajstić information content (AvgIpc) is 2.60. The maximum absolute atomic E-state index is 5.37. The van der Waals surface area contributed by atoms with Crippen molar-refractivity contribution in [3.8, 4) is 5.75 Å². The number of nitrogens with zero attached hydrogens (tertiary/aromatic N) is 2. The van der Waals surface area contributed by atoms with Crippen LogP contribution in [-0.4, -0.2) is 57.7 Å². The Morgan fingerprint density at radius 1 is 1.12 bits per heavy atom. The summed E-state index contributed by atoms with van der Waals surface area (Å²) >= 11 is 0. The van der Waals surface area contributed by atoms with Crippen LogP contribution in [0, 0.1) is 0 Å². The van der Waals surface area contributed by atoms with Gasteiger partial charge in [-0.2, -0.15) is 0 Å². The number of guanidine groups is 1. The summed E-state index contributed by atoms with van der Waals surface area (Å²) in [7, 11) is 3.52. The van der Waals surface area contributed by atoms with E-state index >= 15 is 0 Å². The van der Waals surface area contributed by atoms with Gasteiger partial charge in [0.1, 0.15) is 5.75 Å². The third-order valence-electron chi connectivity index (χ3n) is 3.94. The van der Waals surface area contributed by atoms with Crippen LogP contribution < -0.4 is 15.4 Å². The van der Waals surface area contributed by atoms with Crippen LogP contribution in [0.25, 0.3) is 0 Å². The third-order valence-corrected chi connectivity index (χ3v) is 3.94. The zero-order valence-corrected chi connectivity index (χ0v) is 17.8. The molecule has 6 heteroatoms. The molecule has 1 rings (SSSR count). The molecule has 1 aromatic rings. The van der Waals surface area contributed by atoms with Gasteiger partial charge in [-0.25, -0.2) is 0 Å². The third kappa shape index (κ3) is 8.73. The molecule has 2 N–H and O–H groups in total. The van der Waals surface area contributed by atoms with Crippen LogP contribution in [0.5, 0.6) is 5.75 Å². The maximum atomic E-state index is 5.37. The fourth-order valence-corrected chi connectivity index (χ4v) is 2.49. The van der Waals surface area contributed by atoms with Gasteiger partial charge in [0, 0.05) is 20.1 Å². The van der Waals surface area contributed by atoms with Crippen LogP contribution in [0.15, 0.2) is 29.3 Å². The first kappa shape index (κ1) is 23.0. The zero-order valence-electron chi connectivity index (χ0n) is 15.5. The minimum Gasteiger partial charge on any atom is -0.496 e. The molecule has 0 unspecified atom stereocenters. The lowest BCUT2D eigenvalue weighted by atomic mass is 10.1. The summed E-state index contributed by atoms with van der Waals surface area (Å²) in [5.41, 5.74) is 1.21. The Balaban J connectivity index is 0.00000529. The molecule has 0 radical (unpaired) electrons. The number of para-hydroxylation sites is 1. The second-order valence-corrected chi connectivity index (χ2v) is 5.37. The number of hydrogen-bond donors (Lipinski definition) is 2. The Hall–Kier alpha value is -1.02. The Labute approximate surface area is 164 Å². The molecule has 0 aliphatic carbocycles. The van der Waals surface area contributed by atoms with E-state index in [1.54, 1.807) is 7.11 Å². The van der Waals surface area contributed by atoms with Crippen molar-refractivity contribution in [3.63, 3.8) is 0 Å². The summed E-state index contributed by atoms with van der Waals surface area (Å²) in [6.45, 7) is 9.52. The summed E-state index contributed by atoms with van der Waals surface area (Å²) in [6.07, 6.45) is 2.03. The Bertz CT molecular complexity index is 464. The molecule has 0 fully saturated rings. The number of aliphatic imine (C=N–C) groups is 1. The van der Waals surface area contributed by atoms with Crippen LogP contribution in [0.1, 0.15) is 25.8 Å². The molecule has 0 aliphatic heterocycles. The Kier molecular flexibility index (Phi) is 13.7. The number of rotatable bonds is 10. The normalized spacial score (nSPS) is 11.1. The molecule has 24 heavy (non-hydrogen) atoms. The molecule has 0 amide bonds. The van der Waals surface area contributed by atoms with Crippen molar-refractivity contribution in [2.24, 2.45) is 4.99 Å². The minimum atomic E-state index is 0. The van der Waals surface area contributed by atoms with Gasteiger partial charge in [0.2, 0.25) is 0 Å². The quantitative estimate of drug-likeness (QED) is 0.250. The Morgan fingerprint density at radius 2 is 1.79 bits per heavy atom. The molecule has 0 saturated heterocycles. The van der Waals surface area contributed by atoms with Gasteiger partial charge in [-0.1, -0.05) is 32.0 Å². The van der Waals surface area contributed by atoms with Crippen molar-refractivity contribution in [1.29, 1.82) is 0 Å². The minimum absolute atomic E-state index is 0. The number of nitrogens with one attached hydrogen (secondary N) is 2. The second-order valence-electron chi connectivity index (χ2n) is 5.37. The number of benzene rings is 1. The van der Waals surface area contributed by atoms with E-state index in [2.05, 4.69) is 40.4 Å². The van der Waals surface area contributed by atoms with E-state index in [0.29, 0.717) is 0 Å². The molecule has 0 spiro atoms. The van der Waals surface area contributed by atoms with Crippen molar-refractivity contribution in [3.05, 3.63) is 29.8 Å². The van der Waals surface area contributed by atoms with Gasteiger partial charge in [-0.05, 0) is 44.1 Å². The van der Waals surface area contributed by atoms with E-state index in [9.17, 15) is 0 Å². The number of hydrogen-bond acceptors (Lipinski definition) is 3. The fraction of sp³-hybridized carbons (Fsp3) is 0.611. The summed E-state index contributed by atoms with van der Waals surface area (Å²) in [5, 5.41) is 6.72. The van der Waals surface area contributed by atoms with Gasteiger partial charge < -0.3 is 20.3 Å². The van der Waals surface area contributed by atoms with E-state index in [1.807, 2.05) is 25.2 Å². The molecular formula is C18H33IN4O. The van der Waals surface area contributed by atoms with E-state index in [0.717, 1.165) is 57.3 Å². The van der Waals surface area contributed by atoms with Crippen LogP contribution in [0.3, 0.4) is 0 Å². The second kappa shape index (κ2) is 14.3. The molecule has 0 aliphatic rings. The van der Waals surface area contributed by atoms with E-state index in [-0.39, 0.29) is 24.0 Å². The van der Waals surface area contributed by atoms with Crippen molar-refractivity contribution >= 4 is 29.9 Å². The van der Waals surface area contributed by atoms with Crippen molar-refractivity contribution in [2.45, 2.75) is 26.7 Å². The highest BCUT2D eigenvalue weighted by Crippen LogP contribution is 2.17. The first-order chi connectivity index (χ1) is 11.2. The molecule has 0 heterocycles. The molecule has 0 atom stereocenters. The van der Waals surface area contributed by atoms with Crippen molar-refractivity contribution in [2.75, 3.05) is 46.9 Å². The van der Waals surface area contributed by atoms with Crippen LogP contribution in [-0.2, 0) is 6.42 Å². The van der Waals surface area contributed by atoms with Crippen LogP contribution >= 0.6 is 24.0 Å². The zero-order chi connectivity index (χ0) is 16.9. The highest BCUT2D eigenvalue weighted by atomic mass is 127. The van der Waals surface area contributed by atoms with Gasteiger partial charge in [0.05, 0.1) is 7.11 Å². The first-order valence-electron chi connectivity index (χ1n) is 8.53. The lowest BCUT2D eigenvalue weighted by Crippen LogP contribution is -2.39. The molecule has 1 aromatic carbocycles. The first-order valence-corrected chi connectivity index (χ1v) is 8.53. The summed E-state index contributed by atoms with van der Waals surface area (Å²) in [6, 6.07) is 8.13. The largest absolute Gasteiger partial charge is 0.496 e. The molecule has 5 nitrogen and oxygen atoms in total. The lowest BCUT2D eigenvalue weighted by Gasteiger charge is -2.18. The molecule has 0 bridgehead atoms. The SMILES string of the molecule is CCN(CC)CCCNC(=NC)NCCc1ccccc1OC.I. The van der Waals surface area contributed by atoms with Crippen molar-refractivity contribution in [1.82, 2.24) is 15.5 Å². The smallest absolute Gasteiger partial charge is 0.190 e. The number of halogens is 1. The molecule has 138 valence electrons. The summed E-state index contributed by atoms with van der Waals surface area (Å²) in [5.74, 6) is 1.80. The van der Waals surface area contributed by atoms with Gasteiger partial charge in [-0.15, -0.1) is 24.0 Å². The topological polar surface area (TPSA) is 48.9 Å². The van der Waals surface area contributed by atoms with E-state index in [1.165, 1.54) is 5.56 Å². The van der Waals surface area contributed by atoms with Crippen LogP contribution in [0.4, 0.5) is 0 Å². The van der Waals surface area contributed by atoms with Crippen LogP contribution in [0.2, 0.25) is 0 Å². The van der Waals surface area contributed by atoms with Crippen molar-refractivity contribution < 1.29 is 4.74 Å². The Morgan fingerprint density at radius 3 is 2.42 bits per heavy atom. The van der Waals surface area contributed by atoms with E-state index < -0.39 is 0 Å². The van der Waals surface area contributed by atoms with Gasteiger partial charge in [0.25, 0.3) is 0 Å². The van der Waals surface area contributed by atoms with E-state index in [4.69, 9.17) is 4.74 Å². The average molecular weight is 448 g/mol. The number of ether oxygens (including phenoxy) is 1. The fourth-order valence-electron chi connectivity index (χ4n) is 2.49. The highest BCUT2D eigenvalue weighted by molar-refractivity contribution is 14.0. The standard InChI is InChI=1S/C18H32N4O.HI/c1-5-22(6-2)15-9-13-20-18(19-3)21-14-12-16-10-7-8-11-17(16)23-4;/h7-8,10-11H,5-6,9,12-15H2,1-4H3,(H2,19,20,21);1H. The predicted octanol–water partition coefficient (Wildman–Crippen LogP) is 2.75. The predicted molar refractivity (Wildman–Crippen MR) is 114 cm³/mol. The van der Waals surface area contributed by atoms with Gasteiger partial charge >= 0.3 is 0 Å². The maximum Gasteiger partial charge on any atom is 0.190 e. The highest BCUT2D eigenvalue weighted by Gasteiger charge is 2.03. The van der Waals surface area contributed by atoms with Gasteiger partial charge in [-0.3, -0.25) is 4.99 Å². The summed E-state index contributed by atoms with van der Waals surface area (Å²) < 4.78 is 5.37. The molecule has 0 aromatic heterocycles. The molecular weight excluding hydrogens is 415 g/mol.